The average Bonchev–Trinajstić information content (AvgIpc) is 2.67. The molecule has 0 saturated heterocycles. The fourth-order valence-electron chi connectivity index (χ4n) is 2.85. The smallest absolute Gasteiger partial charge is 0.180 e. The Hall–Kier alpha value is -2.72. The molecule has 3 nitrogen and oxygen atoms in total. The first kappa shape index (κ1) is 20.0. The van der Waals surface area contributed by atoms with E-state index in [1.807, 2.05) is 31.2 Å². The van der Waals surface area contributed by atoms with Crippen LogP contribution in [0.3, 0.4) is 0 Å². The lowest BCUT2D eigenvalue weighted by molar-refractivity contribution is 0.266. The number of hydrogen-bond donors (Lipinski definition) is 1. The maximum absolute atomic E-state index is 13.8. The second-order valence-corrected chi connectivity index (χ2v) is 6.85. The van der Waals surface area contributed by atoms with Crippen LogP contribution in [0.5, 0.6) is 11.5 Å². The molecule has 0 spiro atoms. The molecule has 0 bridgehead atoms. The van der Waals surface area contributed by atoms with Crippen molar-refractivity contribution < 1.29 is 13.9 Å². The molecular formula is C23H23ClFNO2. The molecule has 0 aliphatic heterocycles. The van der Waals surface area contributed by atoms with Crippen LogP contribution < -0.4 is 14.8 Å². The number of aryl methyl sites for hydroxylation is 1. The van der Waals surface area contributed by atoms with Gasteiger partial charge in [0.2, 0.25) is 0 Å². The monoisotopic (exact) mass is 399 g/mol. The molecule has 0 amide bonds. The van der Waals surface area contributed by atoms with Crippen molar-refractivity contribution in [2.75, 3.05) is 11.9 Å². The largest absolute Gasteiger partial charge is 0.490 e. The molecule has 0 radical (unpaired) electrons. The fraction of sp³-hybridized carbons (Fsp3) is 0.217. The van der Waals surface area contributed by atoms with E-state index < -0.39 is 0 Å². The molecular weight excluding hydrogens is 377 g/mol. The molecule has 0 aromatic heterocycles. The number of hydrogen-bond acceptors (Lipinski definition) is 3. The highest BCUT2D eigenvalue weighted by molar-refractivity contribution is 6.32. The number of halogens is 2. The molecule has 0 atom stereocenters. The van der Waals surface area contributed by atoms with E-state index >= 15 is 0 Å². The molecule has 0 unspecified atom stereocenters. The van der Waals surface area contributed by atoms with Gasteiger partial charge in [0.25, 0.3) is 0 Å². The molecule has 146 valence electrons. The van der Waals surface area contributed by atoms with Gasteiger partial charge < -0.3 is 14.8 Å². The van der Waals surface area contributed by atoms with E-state index in [-0.39, 0.29) is 12.4 Å². The first-order chi connectivity index (χ1) is 13.6. The van der Waals surface area contributed by atoms with Gasteiger partial charge in [-0.3, -0.25) is 0 Å². The average molecular weight is 400 g/mol. The van der Waals surface area contributed by atoms with E-state index in [0.29, 0.717) is 35.2 Å². The molecule has 3 aromatic rings. The van der Waals surface area contributed by atoms with E-state index in [2.05, 4.69) is 24.4 Å². The molecule has 0 heterocycles. The third kappa shape index (κ3) is 5.17. The van der Waals surface area contributed by atoms with Crippen molar-refractivity contribution in [3.63, 3.8) is 0 Å². The minimum Gasteiger partial charge on any atom is -0.490 e. The van der Waals surface area contributed by atoms with Gasteiger partial charge in [-0.1, -0.05) is 41.9 Å². The minimum absolute atomic E-state index is 0.0767. The molecule has 0 aliphatic rings. The van der Waals surface area contributed by atoms with E-state index in [1.165, 1.54) is 11.6 Å². The van der Waals surface area contributed by atoms with Gasteiger partial charge in [0.1, 0.15) is 12.4 Å². The fourth-order valence-corrected chi connectivity index (χ4v) is 3.14. The van der Waals surface area contributed by atoms with Crippen LogP contribution in [0.15, 0.2) is 60.7 Å². The first-order valence-corrected chi connectivity index (χ1v) is 9.56. The van der Waals surface area contributed by atoms with Crippen molar-refractivity contribution in [1.29, 1.82) is 0 Å². The molecule has 1 N–H and O–H groups in total. The Balaban J connectivity index is 1.76. The number of ether oxygens (including phenoxy) is 2. The highest BCUT2D eigenvalue weighted by Crippen LogP contribution is 2.37. The zero-order valence-corrected chi connectivity index (χ0v) is 16.7. The molecule has 5 heteroatoms. The van der Waals surface area contributed by atoms with E-state index in [1.54, 1.807) is 18.2 Å². The van der Waals surface area contributed by atoms with Crippen LogP contribution >= 0.6 is 11.6 Å². The van der Waals surface area contributed by atoms with Crippen molar-refractivity contribution in [2.45, 2.75) is 27.0 Å². The van der Waals surface area contributed by atoms with Gasteiger partial charge in [-0.15, -0.1) is 0 Å². The van der Waals surface area contributed by atoms with Crippen LogP contribution in [0.1, 0.15) is 23.6 Å². The highest BCUT2D eigenvalue weighted by atomic mass is 35.5. The molecule has 0 aliphatic carbocycles. The number of rotatable bonds is 8. The predicted molar refractivity (Wildman–Crippen MR) is 112 cm³/mol. The van der Waals surface area contributed by atoms with E-state index in [0.717, 1.165) is 11.3 Å². The predicted octanol–water partition coefficient (Wildman–Crippen LogP) is 6.38. The Morgan fingerprint density at radius 3 is 2.57 bits per heavy atom. The Bertz CT molecular complexity index is 946. The molecule has 3 aromatic carbocycles. The lowest BCUT2D eigenvalue weighted by atomic mass is 10.1. The maximum Gasteiger partial charge on any atom is 0.180 e. The van der Waals surface area contributed by atoms with Crippen molar-refractivity contribution in [2.24, 2.45) is 0 Å². The summed E-state index contributed by atoms with van der Waals surface area (Å²) in [6.07, 6.45) is 0. The van der Waals surface area contributed by atoms with Crippen molar-refractivity contribution in [3.05, 3.63) is 88.2 Å². The van der Waals surface area contributed by atoms with Gasteiger partial charge in [0, 0.05) is 17.8 Å². The SMILES string of the molecule is CCOc1cc(CNc2cccc(C)c2)cc(Cl)c1OCc1ccccc1F. The quantitative estimate of drug-likeness (QED) is 0.477. The second kappa shape index (κ2) is 9.47. The van der Waals surface area contributed by atoms with E-state index in [4.69, 9.17) is 21.1 Å². The lowest BCUT2D eigenvalue weighted by Crippen LogP contribution is -2.04. The Labute approximate surface area is 170 Å². The second-order valence-electron chi connectivity index (χ2n) is 6.44. The first-order valence-electron chi connectivity index (χ1n) is 9.18. The minimum atomic E-state index is -0.310. The summed E-state index contributed by atoms with van der Waals surface area (Å²) >= 11 is 6.46. The molecule has 0 fully saturated rings. The van der Waals surface area contributed by atoms with Crippen molar-refractivity contribution in [1.82, 2.24) is 0 Å². The van der Waals surface area contributed by atoms with Gasteiger partial charge in [0.05, 0.1) is 11.6 Å². The maximum atomic E-state index is 13.8. The third-order valence-corrected chi connectivity index (χ3v) is 4.49. The van der Waals surface area contributed by atoms with Crippen LogP contribution in [0.2, 0.25) is 5.02 Å². The molecule has 0 saturated carbocycles. The topological polar surface area (TPSA) is 30.5 Å². The summed E-state index contributed by atoms with van der Waals surface area (Å²) in [5, 5.41) is 3.81. The third-order valence-electron chi connectivity index (χ3n) is 4.21. The highest BCUT2D eigenvalue weighted by Gasteiger charge is 2.14. The number of benzene rings is 3. The standard InChI is InChI=1S/C23H23ClFNO2/c1-3-27-22-13-17(14-26-19-9-6-7-16(2)11-19)12-20(24)23(22)28-15-18-8-4-5-10-21(18)25/h4-13,26H,3,14-15H2,1-2H3. The zero-order valence-electron chi connectivity index (χ0n) is 16.0. The van der Waals surface area contributed by atoms with Crippen LogP contribution in [-0.2, 0) is 13.2 Å². The summed E-state index contributed by atoms with van der Waals surface area (Å²) in [7, 11) is 0. The zero-order chi connectivity index (χ0) is 19.9. The Kier molecular flexibility index (Phi) is 6.77. The molecule has 3 rings (SSSR count). The van der Waals surface area contributed by atoms with Crippen LogP contribution in [-0.4, -0.2) is 6.61 Å². The summed E-state index contributed by atoms with van der Waals surface area (Å²) in [5.41, 5.74) is 3.66. The van der Waals surface area contributed by atoms with Crippen LogP contribution in [0.25, 0.3) is 0 Å². The van der Waals surface area contributed by atoms with Gasteiger partial charge in [-0.2, -0.15) is 0 Å². The Morgan fingerprint density at radius 2 is 1.82 bits per heavy atom. The van der Waals surface area contributed by atoms with Gasteiger partial charge in [-0.05, 0) is 55.3 Å². The van der Waals surface area contributed by atoms with Crippen molar-refractivity contribution in [3.8, 4) is 11.5 Å². The van der Waals surface area contributed by atoms with Crippen LogP contribution in [0, 0.1) is 12.7 Å². The summed E-state index contributed by atoms with van der Waals surface area (Å²) in [4.78, 5) is 0. The molecule has 28 heavy (non-hydrogen) atoms. The van der Waals surface area contributed by atoms with Crippen molar-refractivity contribution >= 4 is 17.3 Å². The normalized spacial score (nSPS) is 10.6. The Morgan fingerprint density at radius 1 is 1.00 bits per heavy atom. The summed E-state index contributed by atoms with van der Waals surface area (Å²) in [5.74, 6) is 0.661. The van der Waals surface area contributed by atoms with Gasteiger partial charge in [0.15, 0.2) is 11.5 Å². The van der Waals surface area contributed by atoms with Gasteiger partial charge in [-0.25, -0.2) is 4.39 Å². The lowest BCUT2D eigenvalue weighted by Gasteiger charge is -2.16. The summed E-state index contributed by atoms with van der Waals surface area (Å²) in [6, 6.07) is 18.4. The summed E-state index contributed by atoms with van der Waals surface area (Å²) in [6.45, 7) is 5.09. The van der Waals surface area contributed by atoms with Gasteiger partial charge >= 0.3 is 0 Å². The number of anilines is 1. The van der Waals surface area contributed by atoms with Crippen LogP contribution in [0.4, 0.5) is 10.1 Å². The van der Waals surface area contributed by atoms with E-state index in [9.17, 15) is 4.39 Å². The number of nitrogens with one attached hydrogen (secondary N) is 1. The summed E-state index contributed by atoms with van der Waals surface area (Å²) < 4.78 is 25.4.